The Morgan fingerprint density at radius 1 is 0.667 bits per heavy atom. The summed E-state index contributed by atoms with van der Waals surface area (Å²) in [6.07, 6.45) is 21.2. The molecule has 3 rings (SSSR count). The molecule has 2 fully saturated rings. The lowest BCUT2D eigenvalue weighted by Crippen LogP contribution is -2.33. The first-order chi connectivity index (χ1) is 21.8. The highest BCUT2D eigenvalue weighted by Crippen LogP contribution is 2.31. The Kier molecular flexibility index (Phi) is 18.6. The number of hydrogen-bond donors (Lipinski definition) is 4. The maximum atomic E-state index is 11.7. The molecule has 0 aromatic heterocycles. The maximum Gasteiger partial charge on any atom is 0.334 e. The summed E-state index contributed by atoms with van der Waals surface area (Å²) >= 11 is 0. The Morgan fingerprint density at radius 3 is 1.87 bits per heavy atom. The number of hydrogen-bond acceptors (Lipinski definition) is 8. The molecule has 3 heterocycles. The van der Waals surface area contributed by atoms with Gasteiger partial charge in [-0.3, -0.25) is 0 Å². The van der Waals surface area contributed by atoms with Gasteiger partial charge in [0.2, 0.25) is 0 Å². The molecule has 0 radical (unpaired) electrons. The smallest absolute Gasteiger partial charge is 0.334 e. The monoisotopic (exact) mass is 638 g/mol. The van der Waals surface area contributed by atoms with Gasteiger partial charge in [0, 0.05) is 5.57 Å². The van der Waals surface area contributed by atoms with E-state index in [1.165, 1.54) is 44.9 Å². The number of aliphatic hydroxyl groups is 4. The van der Waals surface area contributed by atoms with Crippen molar-refractivity contribution in [1.29, 1.82) is 0 Å². The summed E-state index contributed by atoms with van der Waals surface area (Å²) in [5.41, 5.74) is 0.846. The third-order valence-corrected chi connectivity index (χ3v) is 10.2. The lowest BCUT2D eigenvalue weighted by molar-refractivity contribution is -0.139. The number of carbonyl (C=O) groups is 1. The van der Waals surface area contributed by atoms with Crippen LogP contribution in [0, 0.1) is 0 Å². The average Bonchev–Trinajstić information content (AvgIpc) is 3.77. The van der Waals surface area contributed by atoms with Gasteiger partial charge in [-0.2, -0.15) is 0 Å². The van der Waals surface area contributed by atoms with Crippen molar-refractivity contribution in [1.82, 2.24) is 0 Å². The molecule has 0 unspecified atom stereocenters. The van der Waals surface area contributed by atoms with E-state index in [1.54, 1.807) is 0 Å². The second kappa shape index (κ2) is 21.8. The van der Waals surface area contributed by atoms with Crippen LogP contribution in [0.5, 0.6) is 0 Å². The molecule has 0 aromatic rings. The van der Waals surface area contributed by atoms with Gasteiger partial charge in [-0.1, -0.05) is 71.1 Å². The summed E-state index contributed by atoms with van der Waals surface area (Å²) in [5.74, 6) is -0.138. The summed E-state index contributed by atoms with van der Waals surface area (Å²) in [6.45, 7) is 4.09. The van der Waals surface area contributed by atoms with Gasteiger partial charge >= 0.3 is 5.97 Å². The van der Waals surface area contributed by atoms with Crippen molar-refractivity contribution in [2.75, 3.05) is 0 Å². The van der Waals surface area contributed by atoms with Crippen LogP contribution in [0.4, 0.5) is 0 Å². The van der Waals surface area contributed by atoms with Crippen LogP contribution in [-0.2, 0) is 19.0 Å². The number of cyclic esters (lactones) is 1. The Balaban J connectivity index is 1.16. The Hall–Kier alpha value is -1.03. The van der Waals surface area contributed by atoms with Crippen molar-refractivity contribution in [3.05, 3.63) is 11.6 Å². The fourth-order valence-corrected chi connectivity index (χ4v) is 7.28. The molecule has 0 saturated carbocycles. The molecule has 9 atom stereocenters. The minimum absolute atomic E-state index is 0.0675. The van der Waals surface area contributed by atoms with Crippen LogP contribution in [0.3, 0.4) is 0 Å². The summed E-state index contributed by atoms with van der Waals surface area (Å²) in [5, 5.41) is 42.3. The van der Waals surface area contributed by atoms with Crippen molar-refractivity contribution in [3.63, 3.8) is 0 Å². The predicted octanol–water partition coefficient (Wildman–Crippen LogP) is 6.83. The normalized spacial score (nSPS) is 27.8. The first-order valence-electron chi connectivity index (χ1n) is 18.7. The van der Waals surface area contributed by atoms with E-state index in [0.29, 0.717) is 25.7 Å². The lowest BCUT2D eigenvalue weighted by Gasteiger charge is -2.24. The number of esters is 1. The second-order valence-electron chi connectivity index (χ2n) is 14.2. The zero-order valence-electron chi connectivity index (χ0n) is 28.5. The predicted molar refractivity (Wildman–Crippen MR) is 177 cm³/mol. The molecule has 8 heteroatoms. The van der Waals surface area contributed by atoms with Crippen LogP contribution in [0.15, 0.2) is 11.6 Å². The summed E-state index contributed by atoms with van der Waals surface area (Å²) < 4.78 is 17.4. The number of carbonyl (C=O) groups excluding carboxylic acids is 1. The van der Waals surface area contributed by atoms with E-state index < -0.39 is 18.3 Å². The van der Waals surface area contributed by atoms with Crippen LogP contribution >= 0.6 is 0 Å². The van der Waals surface area contributed by atoms with Crippen molar-refractivity contribution < 1.29 is 39.4 Å². The lowest BCUT2D eigenvalue weighted by atomic mass is 9.98. The van der Waals surface area contributed by atoms with Gasteiger partial charge in [0.15, 0.2) is 0 Å². The van der Waals surface area contributed by atoms with Gasteiger partial charge in [0.05, 0.1) is 48.8 Å². The van der Waals surface area contributed by atoms with Crippen molar-refractivity contribution in [2.45, 2.75) is 216 Å². The molecule has 3 aliphatic heterocycles. The van der Waals surface area contributed by atoms with Gasteiger partial charge in [0.25, 0.3) is 0 Å². The van der Waals surface area contributed by atoms with E-state index in [1.807, 2.05) is 13.0 Å². The van der Waals surface area contributed by atoms with Gasteiger partial charge in [-0.15, -0.1) is 0 Å². The van der Waals surface area contributed by atoms with Crippen molar-refractivity contribution in [3.8, 4) is 0 Å². The summed E-state index contributed by atoms with van der Waals surface area (Å²) in [4.78, 5) is 11.7. The van der Waals surface area contributed by atoms with E-state index in [2.05, 4.69) is 6.92 Å². The molecule has 0 spiro atoms. The standard InChI is InChI=1S/C37H66O8/c1-3-4-5-12-16-29(38)17-14-19-31(39)35-24-25-36(45-35)33(41)22-21-32(40)34-23-20-30(44-34)18-13-10-8-6-7-9-11-15-28-26-27(2)43-37(28)42/h26-27,29-36,38-41H,3-25H2,1-2H3/t27-,29-,30-,31+,32-,33-,34+,35+,36+/m1/s1. The topological polar surface area (TPSA) is 126 Å². The SMILES string of the molecule is CCCCCC[C@@H](O)CCC[C@H](O)[C@@H]1CC[C@@H]([C@H](O)CC[C@@H](O)[C@@H]2CC[C@@H](CCCCCCCCCC3=C[C@@H](C)OC3=O)O2)O1. The minimum Gasteiger partial charge on any atom is -0.455 e. The fraction of sp³-hybridized carbons (Fsp3) is 0.919. The third kappa shape index (κ3) is 14.7. The zero-order chi connectivity index (χ0) is 32.4. The van der Waals surface area contributed by atoms with Crippen LogP contribution in [0.25, 0.3) is 0 Å². The van der Waals surface area contributed by atoms with Gasteiger partial charge in [0.1, 0.15) is 6.10 Å². The molecule has 0 amide bonds. The molecule has 0 aliphatic carbocycles. The third-order valence-electron chi connectivity index (χ3n) is 10.2. The average molecular weight is 639 g/mol. The Labute approximate surface area is 273 Å². The van der Waals surface area contributed by atoms with E-state index in [-0.39, 0.29) is 42.6 Å². The van der Waals surface area contributed by atoms with Crippen molar-refractivity contribution >= 4 is 5.97 Å². The Morgan fingerprint density at radius 2 is 1.22 bits per heavy atom. The molecule has 8 nitrogen and oxygen atoms in total. The van der Waals surface area contributed by atoms with Gasteiger partial charge in [-0.05, 0) is 96.5 Å². The molecule has 0 aromatic carbocycles. The first kappa shape index (κ1) is 38.4. The van der Waals surface area contributed by atoms with Crippen LogP contribution in [0.1, 0.15) is 162 Å². The van der Waals surface area contributed by atoms with Crippen LogP contribution < -0.4 is 0 Å². The van der Waals surface area contributed by atoms with Gasteiger partial charge < -0.3 is 34.6 Å². The van der Waals surface area contributed by atoms with E-state index in [4.69, 9.17) is 14.2 Å². The highest BCUT2D eigenvalue weighted by Gasteiger charge is 2.36. The molecule has 2 saturated heterocycles. The molecule has 45 heavy (non-hydrogen) atoms. The molecule has 3 aliphatic rings. The number of unbranched alkanes of at least 4 members (excludes halogenated alkanes) is 9. The maximum absolute atomic E-state index is 11.7. The Bertz CT molecular complexity index is 833. The molecular formula is C37H66O8. The van der Waals surface area contributed by atoms with E-state index >= 15 is 0 Å². The largest absolute Gasteiger partial charge is 0.455 e. The summed E-state index contributed by atoms with van der Waals surface area (Å²) in [7, 11) is 0. The molecule has 0 bridgehead atoms. The highest BCUT2D eigenvalue weighted by atomic mass is 16.5. The van der Waals surface area contributed by atoms with E-state index in [9.17, 15) is 25.2 Å². The fourth-order valence-electron chi connectivity index (χ4n) is 7.28. The quantitative estimate of drug-likeness (QED) is 0.0634. The first-order valence-corrected chi connectivity index (χ1v) is 18.7. The second-order valence-corrected chi connectivity index (χ2v) is 14.2. The molecule has 4 N–H and O–H groups in total. The van der Waals surface area contributed by atoms with Crippen LogP contribution in [0.2, 0.25) is 0 Å². The number of rotatable bonds is 25. The zero-order valence-corrected chi connectivity index (χ0v) is 28.5. The number of ether oxygens (including phenoxy) is 3. The molecular weight excluding hydrogens is 572 g/mol. The number of aliphatic hydroxyl groups excluding tert-OH is 4. The molecule has 262 valence electrons. The minimum atomic E-state index is -0.654. The summed E-state index contributed by atoms with van der Waals surface area (Å²) in [6, 6.07) is 0. The highest BCUT2D eigenvalue weighted by molar-refractivity contribution is 5.90. The van der Waals surface area contributed by atoms with Gasteiger partial charge in [-0.25, -0.2) is 4.79 Å². The van der Waals surface area contributed by atoms with E-state index in [0.717, 1.165) is 82.6 Å². The van der Waals surface area contributed by atoms with Crippen LogP contribution in [-0.4, -0.2) is 81.3 Å². The van der Waals surface area contributed by atoms with Crippen molar-refractivity contribution in [2.24, 2.45) is 0 Å².